The van der Waals surface area contributed by atoms with E-state index >= 15 is 0 Å². The summed E-state index contributed by atoms with van der Waals surface area (Å²) in [7, 11) is -4.00. The molecule has 0 bridgehead atoms. The molecule has 0 aliphatic heterocycles. The van der Waals surface area contributed by atoms with Crippen LogP contribution in [0.1, 0.15) is 21.6 Å². The lowest BCUT2D eigenvalue weighted by atomic mass is 10.2. The van der Waals surface area contributed by atoms with E-state index in [1.165, 1.54) is 12.1 Å². The number of nitrogens with one attached hydrogen (secondary N) is 1. The van der Waals surface area contributed by atoms with E-state index in [0.717, 1.165) is 6.07 Å². The summed E-state index contributed by atoms with van der Waals surface area (Å²) in [6.07, 6.45) is 0. The maximum absolute atomic E-state index is 12.2. The van der Waals surface area contributed by atoms with Crippen LogP contribution in [0.15, 0.2) is 27.6 Å². The van der Waals surface area contributed by atoms with Crippen molar-refractivity contribution >= 4 is 33.5 Å². The van der Waals surface area contributed by atoms with Crippen LogP contribution < -0.4 is 4.72 Å². The van der Waals surface area contributed by atoms with Crippen LogP contribution in [0, 0.1) is 13.8 Å². The van der Waals surface area contributed by atoms with Crippen molar-refractivity contribution in [2.75, 3.05) is 4.72 Å². The van der Waals surface area contributed by atoms with Crippen molar-refractivity contribution in [1.29, 1.82) is 0 Å². The second-order valence-electron chi connectivity index (χ2n) is 4.27. The molecule has 0 fully saturated rings. The van der Waals surface area contributed by atoms with Gasteiger partial charge in [0, 0.05) is 5.56 Å². The van der Waals surface area contributed by atoms with Crippen LogP contribution >= 0.6 is 11.6 Å². The van der Waals surface area contributed by atoms with Gasteiger partial charge in [-0.05, 0) is 32.0 Å². The van der Waals surface area contributed by atoms with Crippen LogP contribution in [0.4, 0.5) is 5.88 Å². The highest BCUT2D eigenvalue weighted by atomic mass is 35.5. The predicted octanol–water partition coefficient (Wildman–Crippen LogP) is 2.44. The normalized spacial score (nSPS) is 11.4. The molecule has 0 atom stereocenters. The Morgan fingerprint density at radius 3 is 2.57 bits per heavy atom. The SMILES string of the molecule is Cc1noc(NS(=O)(=O)c2ccc(Cl)c(C(=O)O)c2)c1C. The molecule has 0 radical (unpaired) electrons. The zero-order chi connectivity index (χ0) is 15.8. The Labute approximate surface area is 125 Å². The summed E-state index contributed by atoms with van der Waals surface area (Å²) in [5.41, 5.74) is 0.797. The zero-order valence-corrected chi connectivity index (χ0v) is 12.6. The van der Waals surface area contributed by atoms with Crippen molar-refractivity contribution in [2.45, 2.75) is 18.7 Å². The van der Waals surface area contributed by atoms with Crippen LogP contribution in [-0.2, 0) is 10.0 Å². The molecule has 21 heavy (non-hydrogen) atoms. The number of rotatable bonds is 4. The molecule has 2 rings (SSSR count). The molecule has 1 aromatic heterocycles. The van der Waals surface area contributed by atoms with Gasteiger partial charge in [0.2, 0.25) is 5.88 Å². The quantitative estimate of drug-likeness (QED) is 0.891. The van der Waals surface area contributed by atoms with Gasteiger partial charge < -0.3 is 9.63 Å². The summed E-state index contributed by atoms with van der Waals surface area (Å²) in [6, 6.07) is 3.39. The fourth-order valence-corrected chi connectivity index (χ4v) is 2.80. The van der Waals surface area contributed by atoms with Crippen LogP contribution in [0.25, 0.3) is 0 Å². The molecular weight excluding hydrogens is 320 g/mol. The van der Waals surface area contributed by atoms with E-state index in [2.05, 4.69) is 9.88 Å². The van der Waals surface area contributed by atoms with Gasteiger partial charge in [0.05, 0.1) is 21.2 Å². The summed E-state index contributed by atoms with van der Waals surface area (Å²) < 4.78 is 31.5. The van der Waals surface area contributed by atoms with Crippen molar-refractivity contribution in [3.05, 3.63) is 40.0 Å². The Hall–Kier alpha value is -2.06. The second-order valence-corrected chi connectivity index (χ2v) is 6.36. The molecule has 0 aliphatic rings. The number of hydrogen-bond acceptors (Lipinski definition) is 5. The average molecular weight is 331 g/mol. The third-order valence-electron chi connectivity index (χ3n) is 2.86. The number of aromatic carboxylic acids is 1. The van der Waals surface area contributed by atoms with Crippen molar-refractivity contribution < 1.29 is 22.8 Å². The lowest BCUT2D eigenvalue weighted by Gasteiger charge is -2.07. The lowest BCUT2D eigenvalue weighted by molar-refractivity contribution is 0.0697. The maximum Gasteiger partial charge on any atom is 0.337 e. The molecule has 0 aliphatic carbocycles. The minimum absolute atomic E-state index is 0.0145. The molecular formula is C12H11ClN2O5S. The Morgan fingerprint density at radius 2 is 2.05 bits per heavy atom. The molecule has 1 heterocycles. The van der Waals surface area contributed by atoms with E-state index in [1.54, 1.807) is 13.8 Å². The number of carboxylic acids is 1. The Balaban J connectivity index is 2.43. The summed E-state index contributed by atoms with van der Waals surface area (Å²) >= 11 is 5.71. The van der Waals surface area contributed by atoms with Gasteiger partial charge >= 0.3 is 5.97 Å². The number of carboxylic acid groups (broad SMARTS) is 1. The number of hydrogen-bond donors (Lipinski definition) is 2. The zero-order valence-electron chi connectivity index (χ0n) is 11.0. The van der Waals surface area contributed by atoms with Crippen molar-refractivity contribution in [2.24, 2.45) is 0 Å². The topological polar surface area (TPSA) is 110 Å². The number of carbonyl (C=O) groups is 1. The molecule has 2 N–H and O–H groups in total. The second kappa shape index (κ2) is 5.38. The summed E-state index contributed by atoms with van der Waals surface area (Å²) in [4.78, 5) is 10.8. The third kappa shape index (κ3) is 3.01. The first-order valence-corrected chi connectivity index (χ1v) is 7.57. The summed E-state index contributed by atoms with van der Waals surface area (Å²) in [5.74, 6) is -1.33. The standard InChI is InChI=1S/C12H11ClN2O5S/c1-6-7(2)14-20-11(6)15-21(18,19)8-3-4-10(13)9(5-8)12(16)17/h3-5,15H,1-2H3,(H,16,17). The van der Waals surface area contributed by atoms with E-state index in [-0.39, 0.29) is 21.4 Å². The van der Waals surface area contributed by atoms with Crippen molar-refractivity contribution in [3.8, 4) is 0 Å². The Kier molecular flexibility index (Phi) is 3.93. The average Bonchev–Trinajstić information content (AvgIpc) is 2.70. The van der Waals surface area contributed by atoms with Crippen molar-refractivity contribution in [3.63, 3.8) is 0 Å². The first-order valence-electron chi connectivity index (χ1n) is 5.71. The highest BCUT2D eigenvalue weighted by Crippen LogP contribution is 2.24. The summed E-state index contributed by atoms with van der Waals surface area (Å²) in [5, 5.41) is 12.6. The number of anilines is 1. The third-order valence-corrected chi connectivity index (χ3v) is 4.52. The monoisotopic (exact) mass is 330 g/mol. The smallest absolute Gasteiger partial charge is 0.337 e. The van der Waals surface area contributed by atoms with E-state index in [1.807, 2.05) is 0 Å². The Bertz CT molecular complexity index is 813. The van der Waals surface area contributed by atoms with Crippen LogP contribution in [-0.4, -0.2) is 24.7 Å². The largest absolute Gasteiger partial charge is 0.478 e. The van der Waals surface area contributed by atoms with E-state index in [4.69, 9.17) is 21.2 Å². The minimum Gasteiger partial charge on any atom is -0.478 e. The number of aryl methyl sites for hydroxylation is 1. The van der Waals surface area contributed by atoms with E-state index < -0.39 is 16.0 Å². The van der Waals surface area contributed by atoms with Gasteiger partial charge in [-0.15, -0.1) is 0 Å². The molecule has 2 aromatic rings. The molecule has 0 amide bonds. The van der Waals surface area contributed by atoms with E-state index in [9.17, 15) is 13.2 Å². The van der Waals surface area contributed by atoms with Gasteiger partial charge in [-0.25, -0.2) is 17.9 Å². The molecule has 1 aromatic carbocycles. The van der Waals surface area contributed by atoms with Gasteiger partial charge in [0.25, 0.3) is 10.0 Å². The molecule has 9 heteroatoms. The highest BCUT2D eigenvalue weighted by Gasteiger charge is 2.21. The fraction of sp³-hybridized carbons (Fsp3) is 0.167. The lowest BCUT2D eigenvalue weighted by Crippen LogP contribution is -2.14. The van der Waals surface area contributed by atoms with Gasteiger partial charge in [0.1, 0.15) is 0 Å². The molecule has 0 saturated carbocycles. The molecule has 7 nitrogen and oxygen atoms in total. The minimum atomic E-state index is -4.00. The number of nitrogens with zero attached hydrogens (tertiary/aromatic N) is 1. The summed E-state index contributed by atoms with van der Waals surface area (Å²) in [6.45, 7) is 3.32. The van der Waals surface area contributed by atoms with E-state index in [0.29, 0.717) is 11.3 Å². The first-order chi connectivity index (χ1) is 9.72. The van der Waals surface area contributed by atoms with Gasteiger partial charge in [-0.3, -0.25) is 0 Å². The Morgan fingerprint density at radius 1 is 1.38 bits per heavy atom. The molecule has 0 saturated heterocycles. The van der Waals surface area contributed by atoms with Crippen LogP contribution in [0.3, 0.4) is 0 Å². The van der Waals surface area contributed by atoms with Crippen molar-refractivity contribution in [1.82, 2.24) is 5.16 Å². The number of halogens is 1. The van der Waals surface area contributed by atoms with Gasteiger partial charge in [-0.1, -0.05) is 16.8 Å². The maximum atomic E-state index is 12.2. The van der Waals surface area contributed by atoms with Gasteiger partial charge in [0.15, 0.2) is 0 Å². The first kappa shape index (κ1) is 15.3. The number of sulfonamides is 1. The molecule has 112 valence electrons. The van der Waals surface area contributed by atoms with Gasteiger partial charge in [-0.2, -0.15) is 0 Å². The fourth-order valence-electron chi connectivity index (χ4n) is 1.53. The van der Waals surface area contributed by atoms with Crippen LogP contribution in [0.5, 0.6) is 0 Å². The molecule has 0 spiro atoms. The predicted molar refractivity (Wildman–Crippen MR) is 75.2 cm³/mol. The number of aromatic nitrogens is 1. The van der Waals surface area contributed by atoms with Crippen LogP contribution in [0.2, 0.25) is 5.02 Å². The number of benzene rings is 1. The highest BCUT2D eigenvalue weighted by molar-refractivity contribution is 7.92. The molecule has 0 unspecified atom stereocenters.